The first kappa shape index (κ1) is 12.5. The van der Waals surface area contributed by atoms with Gasteiger partial charge in [0.25, 0.3) is 0 Å². The van der Waals surface area contributed by atoms with Gasteiger partial charge in [-0.2, -0.15) is 22.0 Å². The van der Waals surface area contributed by atoms with E-state index in [1.807, 2.05) is 0 Å². The van der Waals surface area contributed by atoms with Gasteiger partial charge >= 0.3 is 16.8 Å². The zero-order chi connectivity index (χ0) is 10.9. The summed E-state index contributed by atoms with van der Waals surface area (Å²) in [6.07, 6.45) is -6.58. The third kappa shape index (κ3) is 2.26. The van der Waals surface area contributed by atoms with Crippen LogP contribution in [0.4, 0.5) is 26.3 Å². The van der Waals surface area contributed by atoms with Gasteiger partial charge in [0.15, 0.2) is 0 Å². The molecule has 1 atom stereocenters. The highest BCUT2D eigenvalue weighted by atomic mass is 79.9. The predicted octanol–water partition coefficient (Wildman–Crippen LogP) is 1.95. The fourth-order valence-corrected chi connectivity index (χ4v) is 0.457. The van der Waals surface area contributed by atoms with Crippen molar-refractivity contribution in [3.8, 4) is 0 Å². The summed E-state index contributed by atoms with van der Waals surface area (Å²) >= 11 is 1.16. The lowest BCUT2D eigenvalue weighted by molar-refractivity contribution is -0.264. The molecular formula is C4H2BrF6NO. The Balaban J connectivity index is 4.91. The summed E-state index contributed by atoms with van der Waals surface area (Å²) in [5.41, 5.74) is 0. The van der Waals surface area contributed by atoms with Gasteiger partial charge in [0.2, 0.25) is 6.41 Å². The molecule has 0 aromatic carbocycles. The molecule has 1 amide bonds. The summed E-state index contributed by atoms with van der Waals surface area (Å²) in [5, 5.41) is 0.413. The van der Waals surface area contributed by atoms with Crippen LogP contribution in [0.2, 0.25) is 0 Å². The minimum atomic E-state index is -5.84. The number of carbonyl (C=O) groups excluding carboxylic acids is 1. The SMILES string of the molecule is O=CNC(F)(F)C(F)(Br)C(F)(F)F. The number of hydrogen-bond acceptors (Lipinski definition) is 1. The summed E-state index contributed by atoms with van der Waals surface area (Å²) < 4.78 is 66.6. The van der Waals surface area contributed by atoms with E-state index in [-0.39, 0.29) is 0 Å². The van der Waals surface area contributed by atoms with Gasteiger partial charge in [-0.25, -0.2) is 4.39 Å². The molecule has 0 aliphatic heterocycles. The number of nitrogens with one attached hydrogen (secondary N) is 1. The minimum Gasteiger partial charge on any atom is -0.296 e. The van der Waals surface area contributed by atoms with E-state index in [2.05, 4.69) is 0 Å². The lowest BCUT2D eigenvalue weighted by Gasteiger charge is -2.28. The Morgan fingerprint density at radius 2 is 1.46 bits per heavy atom. The molecule has 9 heteroatoms. The van der Waals surface area contributed by atoms with Crippen LogP contribution >= 0.6 is 15.9 Å². The van der Waals surface area contributed by atoms with E-state index in [1.54, 1.807) is 0 Å². The largest absolute Gasteiger partial charge is 0.441 e. The molecule has 1 unspecified atom stereocenters. The lowest BCUT2D eigenvalue weighted by Crippen LogP contribution is -2.58. The fraction of sp³-hybridized carbons (Fsp3) is 0.750. The molecule has 0 saturated heterocycles. The highest BCUT2D eigenvalue weighted by Crippen LogP contribution is 2.48. The number of hydrogen-bond donors (Lipinski definition) is 1. The molecule has 0 fully saturated rings. The average Bonchev–Trinajstić information content (AvgIpc) is 1.84. The molecule has 13 heavy (non-hydrogen) atoms. The summed E-state index contributed by atoms with van der Waals surface area (Å²) in [5.74, 6) is 0. The topological polar surface area (TPSA) is 29.1 Å². The molecule has 0 spiro atoms. The zero-order valence-electron chi connectivity index (χ0n) is 5.63. The van der Waals surface area contributed by atoms with Crippen molar-refractivity contribution in [2.45, 2.75) is 16.8 Å². The molecule has 0 aliphatic carbocycles. The number of amides is 1. The first-order valence-corrected chi connectivity index (χ1v) is 3.39. The molecule has 0 radical (unpaired) electrons. The van der Waals surface area contributed by atoms with Crippen molar-refractivity contribution in [3.63, 3.8) is 0 Å². The van der Waals surface area contributed by atoms with Crippen molar-refractivity contribution in [1.29, 1.82) is 0 Å². The van der Waals surface area contributed by atoms with Crippen molar-refractivity contribution in [2.24, 2.45) is 0 Å². The first-order valence-electron chi connectivity index (χ1n) is 2.60. The average molecular weight is 274 g/mol. The highest BCUT2D eigenvalue weighted by Gasteiger charge is 2.70. The first-order chi connectivity index (χ1) is 5.56. The molecule has 0 aromatic heterocycles. The summed E-state index contributed by atoms with van der Waals surface area (Å²) in [4.78, 5) is 9.45. The van der Waals surface area contributed by atoms with Crippen molar-refractivity contribution < 1.29 is 31.1 Å². The van der Waals surface area contributed by atoms with Gasteiger partial charge in [-0.15, -0.1) is 0 Å². The van der Waals surface area contributed by atoms with Crippen LogP contribution in [0.3, 0.4) is 0 Å². The Hall–Kier alpha value is -0.470. The van der Waals surface area contributed by atoms with E-state index in [0.29, 0.717) is 5.32 Å². The van der Waals surface area contributed by atoms with E-state index >= 15 is 0 Å². The normalized spacial score (nSPS) is 17.8. The van der Waals surface area contributed by atoms with E-state index in [4.69, 9.17) is 0 Å². The highest BCUT2D eigenvalue weighted by molar-refractivity contribution is 9.10. The summed E-state index contributed by atoms with van der Waals surface area (Å²) in [7, 11) is 0. The van der Waals surface area contributed by atoms with Gasteiger partial charge in [0, 0.05) is 0 Å². The third-order valence-electron chi connectivity index (χ3n) is 0.991. The quantitative estimate of drug-likeness (QED) is 0.362. The Kier molecular flexibility index (Phi) is 3.23. The number of rotatable bonds is 3. The molecule has 0 rings (SSSR count). The zero-order valence-corrected chi connectivity index (χ0v) is 7.22. The Morgan fingerprint density at radius 1 is 1.08 bits per heavy atom. The second kappa shape index (κ2) is 3.35. The molecule has 0 heterocycles. The van der Waals surface area contributed by atoms with E-state index in [9.17, 15) is 31.1 Å². The van der Waals surface area contributed by atoms with E-state index in [0.717, 1.165) is 15.9 Å². The Morgan fingerprint density at radius 3 is 1.69 bits per heavy atom. The molecule has 2 nitrogen and oxygen atoms in total. The van der Waals surface area contributed by atoms with Crippen LogP contribution in [0.15, 0.2) is 0 Å². The van der Waals surface area contributed by atoms with Crippen LogP contribution in [0.25, 0.3) is 0 Å². The second-order valence-electron chi connectivity index (χ2n) is 1.91. The van der Waals surface area contributed by atoms with Crippen LogP contribution in [0.5, 0.6) is 0 Å². The maximum absolute atomic E-state index is 12.4. The number of carbonyl (C=O) groups is 1. The number of halogens is 7. The maximum Gasteiger partial charge on any atom is 0.441 e. The van der Waals surface area contributed by atoms with Gasteiger partial charge in [-0.05, 0) is 15.9 Å². The summed E-state index contributed by atoms with van der Waals surface area (Å²) in [6, 6.07) is -5.06. The van der Waals surface area contributed by atoms with Gasteiger partial charge < -0.3 is 0 Å². The maximum atomic E-state index is 12.4. The molecule has 0 saturated carbocycles. The van der Waals surface area contributed by atoms with Crippen molar-refractivity contribution in [2.75, 3.05) is 0 Å². The van der Waals surface area contributed by atoms with Gasteiger partial charge in [-0.1, -0.05) is 0 Å². The van der Waals surface area contributed by atoms with Crippen molar-refractivity contribution >= 4 is 22.3 Å². The molecule has 78 valence electrons. The van der Waals surface area contributed by atoms with Crippen LogP contribution < -0.4 is 5.32 Å². The van der Waals surface area contributed by atoms with Gasteiger partial charge in [0.1, 0.15) is 0 Å². The van der Waals surface area contributed by atoms with Crippen molar-refractivity contribution in [3.05, 3.63) is 0 Å². The summed E-state index contributed by atoms with van der Waals surface area (Å²) in [6.45, 7) is 0. The standard InChI is InChI=1S/C4H2BrF6NO/c5-2(6,3(7,8)9)4(10,11)12-1-13/h1H,(H,12,13). The fourth-order valence-electron chi connectivity index (χ4n) is 0.343. The lowest BCUT2D eigenvalue weighted by atomic mass is 10.3. The monoisotopic (exact) mass is 273 g/mol. The minimum absolute atomic E-state index is 0.413. The molecule has 0 aromatic rings. The van der Waals surface area contributed by atoms with Crippen LogP contribution in [-0.4, -0.2) is 23.2 Å². The number of alkyl halides is 7. The van der Waals surface area contributed by atoms with Gasteiger partial charge in [-0.3, -0.25) is 10.1 Å². The Bertz CT molecular complexity index is 201. The van der Waals surface area contributed by atoms with Crippen LogP contribution in [-0.2, 0) is 4.79 Å². The molecule has 0 bridgehead atoms. The smallest absolute Gasteiger partial charge is 0.296 e. The van der Waals surface area contributed by atoms with Gasteiger partial charge in [0.05, 0.1) is 0 Å². The van der Waals surface area contributed by atoms with E-state index in [1.165, 1.54) is 0 Å². The Labute approximate surface area is 76.4 Å². The molecular weight excluding hydrogens is 272 g/mol. The third-order valence-corrected chi connectivity index (χ3v) is 1.94. The van der Waals surface area contributed by atoms with Crippen molar-refractivity contribution in [1.82, 2.24) is 5.32 Å². The predicted molar refractivity (Wildman–Crippen MR) is 33.0 cm³/mol. The van der Waals surface area contributed by atoms with Crippen LogP contribution in [0.1, 0.15) is 0 Å². The molecule has 0 aliphatic rings. The second-order valence-corrected chi connectivity index (χ2v) is 3.00. The molecule has 1 N–H and O–H groups in total. The van der Waals surface area contributed by atoms with E-state index < -0.39 is 23.2 Å². The van der Waals surface area contributed by atoms with Crippen LogP contribution in [0, 0.1) is 0 Å².